The van der Waals surface area contributed by atoms with Crippen molar-refractivity contribution in [3.05, 3.63) is 60.7 Å². The van der Waals surface area contributed by atoms with Gasteiger partial charge in [-0.25, -0.2) is 0 Å². The van der Waals surface area contributed by atoms with Gasteiger partial charge in [0, 0.05) is 18.4 Å². The number of benzene rings is 2. The first-order valence-electron chi connectivity index (χ1n) is 12.4. The van der Waals surface area contributed by atoms with Crippen molar-refractivity contribution in [3.8, 4) is 0 Å². The smallest absolute Gasteiger partial charge is 0.310 e. The predicted octanol–water partition coefficient (Wildman–Crippen LogP) is 2.93. The highest BCUT2D eigenvalue weighted by Gasteiger charge is 2.69. The third-order valence-electron chi connectivity index (χ3n) is 8.12. The Labute approximate surface area is 208 Å². The number of hydrogen-bond acceptors (Lipinski definition) is 6. The highest BCUT2D eigenvalue weighted by atomic mass is 28.4. The van der Waals surface area contributed by atoms with E-state index in [0.717, 1.165) is 0 Å². The van der Waals surface area contributed by atoms with Crippen LogP contribution in [0.4, 0.5) is 0 Å². The molecule has 2 aliphatic heterocycles. The van der Waals surface area contributed by atoms with Gasteiger partial charge in [0.25, 0.3) is 8.32 Å². The molecule has 0 amide bonds. The van der Waals surface area contributed by atoms with Gasteiger partial charge in [-0.2, -0.15) is 0 Å². The molecule has 0 unspecified atom stereocenters. The van der Waals surface area contributed by atoms with Gasteiger partial charge >= 0.3 is 11.9 Å². The SMILES string of the molecule is COC(=O)[C@H]1[C@@H](CO[Si](c2ccccc2)(c2ccccc2)C(C)(C)C)[C@@H]2O[C@@H]2[C@@H]2[C@H]1C(=O)O[C@H]2C. The molecule has 6 nitrogen and oxygen atoms in total. The number of rotatable bonds is 6. The quantitative estimate of drug-likeness (QED) is 0.349. The number of epoxide rings is 1. The van der Waals surface area contributed by atoms with Crippen LogP contribution >= 0.6 is 0 Å². The lowest BCUT2D eigenvalue weighted by molar-refractivity contribution is -0.158. The van der Waals surface area contributed by atoms with Crippen LogP contribution in [0.3, 0.4) is 0 Å². The maximum Gasteiger partial charge on any atom is 0.310 e. The topological polar surface area (TPSA) is 74.4 Å². The Morgan fingerprint density at radius 2 is 1.54 bits per heavy atom. The molecule has 186 valence electrons. The van der Waals surface area contributed by atoms with Crippen molar-refractivity contribution in [3.63, 3.8) is 0 Å². The molecule has 0 radical (unpaired) electrons. The molecule has 3 aliphatic rings. The number of esters is 2. The molecule has 7 atom stereocenters. The molecule has 0 aromatic heterocycles. The van der Waals surface area contributed by atoms with Gasteiger partial charge in [0.2, 0.25) is 0 Å². The second-order valence-electron chi connectivity index (χ2n) is 11.0. The van der Waals surface area contributed by atoms with Crippen LogP contribution in [0.5, 0.6) is 0 Å². The van der Waals surface area contributed by atoms with Crippen LogP contribution in [0.25, 0.3) is 0 Å². The number of carbonyl (C=O) groups excluding carboxylic acids is 2. The third kappa shape index (κ3) is 3.84. The monoisotopic (exact) mass is 494 g/mol. The summed E-state index contributed by atoms with van der Waals surface area (Å²) in [5.74, 6) is -2.34. The lowest BCUT2D eigenvalue weighted by Crippen LogP contribution is -2.67. The lowest BCUT2D eigenvalue weighted by atomic mass is 9.66. The van der Waals surface area contributed by atoms with Gasteiger partial charge in [0.1, 0.15) is 6.10 Å². The second kappa shape index (κ2) is 8.87. The molecule has 35 heavy (non-hydrogen) atoms. The standard InChI is InChI=1S/C28H34O6Si/c1-17-21-23(27(30)33-17)22(26(29)31-5)20(24-25(21)34-24)16-32-35(28(2,3)4,18-12-8-6-9-13-18)19-14-10-7-11-15-19/h6-15,17,20-25H,16H2,1-5H3/t17-,20+,21-,22-,23+,24-,25+/m0/s1. The van der Waals surface area contributed by atoms with Crippen LogP contribution in [0.2, 0.25) is 5.04 Å². The van der Waals surface area contributed by atoms with Crippen LogP contribution < -0.4 is 10.4 Å². The van der Waals surface area contributed by atoms with E-state index in [-0.39, 0.29) is 41.2 Å². The summed E-state index contributed by atoms with van der Waals surface area (Å²) in [5.41, 5.74) is 0. The van der Waals surface area contributed by atoms with E-state index in [1.54, 1.807) is 0 Å². The number of methoxy groups -OCH3 is 1. The molecule has 1 aliphatic carbocycles. The van der Waals surface area contributed by atoms with Crippen molar-refractivity contribution in [2.75, 3.05) is 13.7 Å². The number of fused-ring (bicyclic) bond motifs is 3. The first-order valence-corrected chi connectivity index (χ1v) is 14.3. The summed E-state index contributed by atoms with van der Waals surface area (Å²) >= 11 is 0. The van der Waals surface area contributed by atoms with E-state index >= 15 is 0 Å². The Morgan fingerprint density at radius 3 is 2.06 bits per heavy atom. The van der Waals surface area contributed by atoms with E-state index in [2.05, 4.69) is 45.0 Å². The Hall–Kier alpha value is -2.48. The zero-order valence-corrected chi connectivity index (χ0v) is 22.0. The largest absolute Gasteiger partial charge is 0.469 e. The fourth-order valence-electron chi connectivity index (χ4n) is 6.55. The van der Waals surface area contributed by atoms with Gasteiger partial charge in [0.15, 0.2) is 0 Å². The summed E-state index contributed by atoms with van der Waals surface area (Å²) in [6.45, 7) is 8.86. The molecule has 2 aromatic rings. The summed E-state index contributed by atoms with van der Waals surface area (Å²) in [6, 6.07) is 20.8. The van der Waals surface area contributed by atoms with Crippen molar-refractivity contribution < 1.29 is 28.2 Å². The molecule has 1 saturated carbocycles. The van der Waals surface area contributed by atoms with Gasteiger partial charge in [0.05, 0.1) is 31.2 Å². The number of cyclic esters (lactones) is 1. The van der Waals surface area contributed by atoms with E-state index in [0.29, 0.717) is 6.61 Å². The molecular weight excluding hydrogens is 460 g/mol. The Kier molecular flexibility index (Phi) is 6.14. The molecule has 2 saturated heterocycles. The Balaban J connectivity index is 1.55. The van der Waals surface area contributed by atoms with Gasteiger partial charge in [-0.05, 0) is 22.3 Å². The van der Waals surface area contributed by atoms with Crippen molar-refractivity contribution in [1.82, 2.24) is 0 Å². The Morgan fingerprint density at radius 1 is 0.971 bits per heavy atom. The van der Waals surface area contributed by atoms with Gasteiger partial charge in [-0.3, -0.25) is 9.59 Å². The first kappa shape index (κ1) is 24.2. The highest BCUT2D eigenvalue weighted by molar-refractivity contribution is 6.99. The number of carbonyl (C=O) groups is 2. The van der Waals surface area contributed by atoms with E-state index < -0.39 is 26.1 Å². The van der Waals surface area contributed by atoms with Crippen molar-refractivity contribution >= 4 is 30.6 Å². The third-order valence-corrected chi connectivity index (χ3v) is 13.1. The lowest BCUT2D eigenvalue weighted by Gasteiger charge is -2.44. The molecule has 3 fully saturated rings. The van der Waals surface area contributed by atoms with Crippen LogP contribution in [0, 0.1) is 23.7 Å². The molecule has 0 N–H and O–H groups in total. The van der Waals surface area contributed by atoms with Crippen LogP contribution in [0.1, 0.15) is 27.7 Å². The van der Waals surface area contributed by atoms with Crippen molar-refractivity contribution in [2.24, 2.45) is 23.7 Å². The fraction of sp³-hybridized carbons (Fsp3) is 0.500. The average molecular weight is 495 g/mol. The summed E-state index contributed by atoms with van der Waals surface area (Å²) in [4.78, 5) is 25.9. The minimum atomic E-state index is -2.81. The van der Waals surface area contributed by atoms with Gasteiger partial charge in [-0.1, -0.05) is 81.4 Å². The van der Waals surface area contributed by atoms with E-state index in [1.807, 2.05) is 43.3 Å². The van der Waals surface area contributed by atoms with Crippen LogP contribution in [0.15, 0.2) is 60.7 Å². The second-order valence-corrected chi connectivity index (χ2v) is 15.3. The van der Waals surface area contributed by atoms with E-state index in [1.165, 1.54) is 17.5 Å². The molecule has 7 heteroatoms. The minimum absolute atomic E-state index is 0.0879. The molecule has 0 bridgehead atoms. The minimum Gasteiger partial charge on any atom is -0.469 e. The average Bonchev–Trinajstić information content (AvgIpc) is 3.58. The van der Waals surface area contributed by atoms with Crippen molar-refractivity contribution in [2.45, 2.75) is 51.0 Å². The zero-order chi connectivity index (χ0) is 25.0. The van der Waals surface area contributed by atoms with Crippen molar-refractivity contribution in [1.29, 1.82) is 0 Å². The van der Waals surface area contributed by atoms with Crippen LogP contribution in [-0.2, 0) is 28.2 Å². The van der Waals surface area contributed by atoms with Gasteiger partial charge < -0.3 is 18.6 Å². The molecule has 2 heterocycles. The molecule has 5 rings (SSSR count). The molecule has 2 aromatic carbocycles. The maximum absolute atomic E-state index is 13.1. The summed E-state index contributed by atoms with van der Waals surface area (Å²) in [5, 5.41) is 2.14. The summed E-state index contributed by atoms with van der Waals surface area (Å²) in [7, 11) is -1.43. The predicted molar refractivity (Wildman–Crippen MR) is 134 cm³/mol. The highest BCUT2D eigenvalue weighted by Crippen LogP contribution is 2.55. The van der Waals surface area contributed by atoms with Gasteiger partial charge in [-0.15, -0.1) is 0 Å². The number of hydrogen-bond donors (Lipinski definition) is 0. The van der Waals surface area contributed by atoms with Crippen LogP contribution in [-0.4, -0.2) is 52.3 Å². The molecule has 0 spiro atoms. The number of ether oxygens (including phenoxy) is 3. The fourth-order valence-corrected chi connectivity index (χ4v) is 11.1. The normalized spacial score (nSPS) is 31.8. The first-order chi connectivity index (χ1) is 16.7. The van der Waals surface area contributed by atoms with E-state index in [9.17, 15) is 9.59 Å². The van der Waals surface area contributed by atoms with E-state index in [4.69, 9.17) is 18.6 Å². The molecular formula is C28H34O6Si. The summed E-state index contributed by atoms with van der Waals surface area (Å²) in [6.07, 6.45) is -0.501. The summed E-state index contributed by atoms with van der Waals surface area (Å²) < 4.78 is 24.0. The Bertz CT molecular complexity index is 1040. The maximum atomic E-state index is 13.1. The zero-order valence-electron chi connectivity index (χ0n) is 21.0.